The molecule has 1 aliphatic rings. The second kappa shape index (κ2) is 4.79. The van der Waals surface area contributed by atoms with Crippen LogP contribution in [0.15, 0.2) is 18.2 Å². The van der Waals surface area contributed by atoms with Gasteiger partial charge >= 0.3 is 5.97 Å². The predicted molar refractivity (Wildman–Crippen MR) is 66.0 cm³/mol. The molecule has 3 N–H and O–H groups in total. The van der Waals surface area contributed by atoms with E-state index >= 15 is 0 Å². The van der Waals surface area contributed by atoms with Crippen LogP contribution in [0.2, 0.25) is 0 Å². The van der Waals surface area contributed by atoms with E-state index < -0.39 is 11.9 Å². The normalized spacial score (nSPS) is 22.5. The number of carbonyl (C=O) groups is 2. The Bertz CT molecular complexity index is 528. The number of phenolic OH excluding ortho intramolecular Hbond substituents is 2. The maximum absolute atomic E-state index is 12.2. The minimum Gasteiger partial charge on any atom is -0.504 e. The summed E-state index contributed by atoms with van der Waals surface area (Å²) in [5.41, 5.74) is 0.230. The maximum atomic E-state index is 12.2. The fraction of sp³-hybridized carbons (Fsp3) is 0.385. The lowest BCUT2D eigenvalue weighted by molar-refractivity contribution is -0.142. The van der Waals surface area contributed by atoms with Gasteiger partial charge in [0.1, 0.15) is 0 Å². The summed E-state index contributed by atoms with van der Waals surface area (Å²) >= 11 is 0. The molecule has 0 aliphatic carbocycles. The number of rotatable bonds is 2. The molecule has 1 fully saturated rings. The molecule has 1 heterocycles. The number of likely N-dealkylation sites (tertiary alicyclic amines) is 1. The highest BCUT2D eigenvalue weighted by Gasteiger charge is 2.37. The van der Waals surface area contributed by atoms with Crippen LogP contribution in [0.3, 0.4) is 0 Å². The van der Waals surface area contributed by atoms with E-state index in [1.807, 2.05) is 0 Å². The van der Waals surface area contributed by atoms with E-state index in [0.717, 1.165) is 0 Å². The van der Waals surface area contributed by atoms with Crippen LogP contribution >= 0.6 is 0 Å². The highest BCUT2D eigenvalue weighted by atomic mass is 16.4. The monoisotopic (exact) mass is 265 g/mol. The fourth-order valence-corrected chi connectivity index (χ4v) is 2.29. The summed E-state index contributed by atoms with van der Waals surface area (Å²) in [6.45, 7) is 2.33. The van der Waals surface area contributed by atoms with Gasteiger partial charge in [0.2, 0.25) is 0 Å². The standard InChI is InChI=1S/C13H15NO5/c1-7-5-14(6-9(7)13(18)19)12(17)8-2-3-10(15)11(16)4-8/h2-4,7,9,15-16H,5-6H2,1H3,(H,18,19). The first kappa shape index (κ1) is 13.2. The molecule has 1 saturated heterocycles. The number of hydrogen-bond acceptors (Lipinski definition) is 4. The summed E-state index contributed by atoms with van der Waals surface area (Å²) in [7, 11) is 0. The first-order valence-electron chi connectivity index (χ1n) is 5.94. The van der Waals surface area contributed by atoms with Gasteiger partial charge in [0.05, 0.1) is 5.92 Å². The Labute approximate surface area is 109 Å². The number of aliphatic carboxylic acids is 1. The zero-order valence-corrected chi connectivity index (χ0v) is 10.4. The summed E-state index contributed by atoms with van der Waals surface area (Å²) in [5.74, 6) is -2.58. The second-order valence-electron chi connectivity index (χ2n) is 4.84. The van der Waals surface area contributed by atoms with Crippen molar-refractivity contribution >= 4 is 11.9 Å². The number of aromatic hydroxyl groups is 2. The Hall–Kier alpha value is -2.24. The lowest BCUT2D eigenvalue weighted by Gasteiger charge is -2.16. The second-order valence-corrected chi connectivity index (χ2v) is 4.84. The van der Waals surface area contributed by atoms with Crippen molar-refractivity contribution in [3.63, 3.8) is 0 Å². The summed E-state index contributed by atoms with van der Waals surface area (Å²) in [6.07, 6.45) is 0. The van der Waals surface area contributed by atoms with Crippen molar-refractivity contribution in [2.45, 2.75) is 6.92 Å². The van der Waals surface area contributed by atoms with Gasteiger partial charge in [-0.1, -0.05) is 6.92 Å². The van der Waals surface area contributed by atoms with Crippen molar-refractivity contribution in [1.82, 2.24) is 4.90 Å². The number of amides is 1. The lowest BCUT2D eigenvalue weighted by atomic mass is 9.99. The lowest BCUT2D eigenvalue weighted by Crippen LogP contribution is -2.29. The summed E-state index contributed by atoms with van der Waals surface area (Å²) in [6, 6.07) is 3.81. The van der Waals surface area contributed by atoms with E-state index in [1.165, 1.54) is 23.1 Å². The number of carboxylic acids is 1. The van der Waals surface area contributed by atoms with Crippen LogP contribution in [0.5, 0.6) is 11.5 Å². The Morgan fingerprint density at radius 2 is 1.89 bits per heavy atom. The van der Waals surface area contributed by atoms with Gasteiger partial charge in [-0.25, -0.2) is 0 Å². The molecule has 0 radical (unpaired) electrons. The molecular weight excluding hydrogens is 250 g/mol. The zero-order chi connectivity index (χ0) is 14.2. The molecule has 0 bridgehead atoms. The molecule has 19 heavy (non-hydrogen) atoms. The highest BCUT2D eigenvalue weighted by molar-refractivity contribution is 5.95. The molecule has 0 spiro atoms. The molecule has 6 heteroatoms. The largest absolute Gasteiger partial charge is 0.504 e. The molecule has 0 saturated carbocycles. The summed E-state index contributed by atoms with van der Waals surface area (Å²) in [5, 5.41) is 27.6. The minimum atomic E-state index is -0.906. The number of phenols is 2. The average Bonchev–Trinajstić information content (AvgIpc) is 2.74. The first-order valence-corrected chi connectivity index (χ1v) is 5.94. The molecule has 2 unspecified atom stereocenters. The Morgan fingerprint density at radius 1 is 1.21 bits per heavy atom. The molecule has 102 valence electrons. The predicted octanol–water partition coefficient (Wildman–Crippen LogP) is 0.890. The van der Waals surface area contributed by atoms with Crippen molar-refractivity contribution in [2.75, 3.05) is 13.1 Å². The van der Waals surface area contributed by atoms with E-state index in [0.29, 0.717) is 6.54 Å². The Balaban J connectivity index is 2.17. The summed E-state index contributed by atoms with van der Waals surface area (Å²) in [4.78, 5) is 24.6. The average molecular weight is 265 g/mol. The van der Waals surface area contributed by atoms with Gasteiger partial charge in [0.15, 0.2) is 11.5 Å². The van der Waals surface area contributed by atoms with Crippen molar-refractivity contribution in [1.29, 1.82) is 0 Å². The Morgan fingerprint density at radius 3 is 2.42 bits per heavy atom. The molecule has 1 amide bonds. The molecule has 1 aromatic rings. The van der Waals surface area contributed by atoms with Crippen molar-refractivity contribution in [3.8, 4) is 11.5 Å². The summed E-state index contributed by atoms with van der Waals surface area (Å²) < 4.78 is 0. The van der Waals surface area contributed by atoms with Gasteiger partial charge in [0.25, 0.3) is 5.91 Å². The number of hydrogen-bond donors (Lipinski definition) is 3. The Kier molecular flexibility index (Phi) is 3.33. The maximum Gasteiger partial charge on any atom is 0.308 e. The van der Waals surface area contributed by atoms with E-state index in [1.54, 1.807) is 6.92 Å². The van der Waals surface area contributed by atoms with Crippen LogP contribution in [0.4, 0.5) is 0 Å². The van der Waals surface area contributed by atoms with E-state index in [4.69, 9.17) is 5.11 Å². The van der Waals surface area contributed by atoms with Gasteiger partial charge in [-0.3, -0.25) is 9.59 Å². The van der Waals surface area contributed by atoms with Gasteiger partial charge < -0.3 is 20.2 Å². The molecule has 2 atom stereocenters. The fourth-order valence-electron chi connectivity index (χ4n) is 2.29. The van der Waals surface area contributed by atoms with E-state index in [2.05, 4.69) is 0 Å². The minimum absolute atomic E-state index is 0.104. The topological polar surface area (TPSA) is 98.1 Å². The SMILES string of the molecule is CC1CN(C(=O)c2ccc(O)c(O)c2)CC1C(=O)O. The van der Waals surface area contributed by atoms with Crippen molar-refractivity contribution in [2.24, 2.45) is 11.8 Å². The van der Waals surface area contributed by atoms with Gasteiger partial charge in [-0.15, -0.1) is 0 Å². The molecular formula is C13H15NO5. The number of nitrogens with zero attached hydrogens (tertiary/aromatic N) is 1. The molecule has 2 rings (SSSR count). The molecule has 1 aromatic carbocycles. The van der Waals surface area contributed by atoms with Gasteiger partial charge in [-0.2, -0.15) is 0 Å². The third kappa shape index (κ3) is 2.47. The third-order valence-electron chi connectivity index (χ3n) is 3.44. The number of carbonyl (C=O) groups excluding carboxylic acids is 1. The zero-order valence-electron chi connectivity index (χ0n) is 10.4. The number of carboxylic acid groups (broad SMARTS) is 1. The van der Waals surface area contributed by atoms with Crippen molar-refractivity contribution in [3.05, 3.63) is 23.8 Å². The van der Waals surface area contributed by atoms with Crippen LogP contribution in [0.1, 0.15) is 17.3 Å². The molecule has 0 aromatic heterocycles. The van der Waals surface area contributed by atoms with Gasteiger partial charge in [-0.05, 0) is 24.1 Å². The quantitative estimate of drug-likeness (QED) is 0.690. The van der Waals surface area contributed by atoms with Crippen LogP contribution in [-0.2, 0) is 4.79 Å². The first-order chi connectivity index (χ1) is 8.90. The van der Waals surface area contributed by atoms with Crippen LogP contribution in [0, 0.1) is 11.8 Å². The van der Waals surface area contributed by atoms with E-state index in [9.17, 15) is 19.8 Å². The smallest absolute Gasteiger partial charge is 0.308 e. The van der Waals surface area contributed by atoms with Crippen LogP contribution in [-0.4, -0.2) is 45.2 Å². The van der Waals surface area contributed by atoms with Crippen molar-refractivity contribution < 1.29 is 24.9 Å². The number of benzene rings is 1. The molecule has 1 aliphatic heterocycles. The van der Waals surface area contributed by atoms with Crippen LogP contribution in [0.25, 0.3) is 0 Å². The highest BCUT2D eigenvalue weighted by Crippen LogP contribution is 2.28. The van der Waals surface area contributed by atoms with Gasteiger partial charge in [0, 0.05) is 18.7 Å². The van der Waals surface area contributed by atoms with Crippen LogP contribution < -0.4 is 0 Å². The van der Waals surface area contributed by atoms with E-state index in [-0.39, 0.29) is 35.4 Å². The third-order valence-corrected chi connectivity index (χ3v) is 3.44. The molecule has 6 nitrogen and oxygen atoms in total.